The molecule has 2 rings (SSSR count). The zero-order valence-electron chi connectivity index (χ0n) is 9.11. The summed E-state index contributed by atoms with van der Waals surface area (Å²) in [6.07, 6.45) is 0. The van der Waals surface area contributed by atoms with E-state index in [1.54, 1.807) is 6.07 Å². The van der Waals surface area contributed by atoms with Gasteiger partial charge in [0, 0.05) is 16.6 Å². The molecular weight excluding hydrogens is 260 g/mol. The normalized spacial score (nSPS) is 10.3. The number of halogens is 1. The molecule has 7 heteroatoms. The molecular formula is C10H11ClN4OS. The molecule has 0 unspecified atom stereocenters. The van der Waals surface area contributed by atoms with Gasteiger partial charge in [0.1, 0.15) is 18.1 Å². The van der Waals surface area contributed by atoms with E-state index >= 15 is 0 Å². The van der Waals surface area contributed by atoms with Crippen molar-refractivity contribution in [1.82, 2.24) is 9.59 Å². The monoisotopic (exact) mass is 270 g/mol. The van der Waals surface area contributed by atoms with Gasteiger partial charge in [-0.1, -0.05) is 22.2 Å². The minimum Gasteiger partial charge on any atom is -0.487 e. The van der Waals surface area contributed by atoms with Crippen LogP contribution in [0.15, 0.2) is 18.2 Å². The number of hydrazine groups is 1. The number of anilines is 1. The zero-order valence-corrected chi connectivity index (χ0v) is 10.7. The van der Waals surface area contributed by atoms with Crippen LogP contribution in [0.25, 0.3) is 0 Å². The summed E-state index contributed by atoms with van der Waals surface area (Å²) in [6.45, 7) is 2.25. The summed E-state index contributed by atoms with van der Waals surface area (Å²) in [5, 5.41) is 5.26. The Bertz CT molecular complexity index is 517. The van der Waals surface area contributed by atoms with E-state index in [2.05, 4.69) is 15.0 Å². The number of nitrogen functional groups attached to an aromatic ring is 1. The van der Waals surface area contributed by atoms with E-state index in [1.165, 1.54) is 11.5 Å². The summed E-state index contributed by atoms with van der Waals surface area (Å²) >= 11 is 7.09. The Balaban J connectivity index is 2.09. The van der Waals surface area contributed by atoms with Gasteiger partial charge < -0.3 is 10.2 Å². The van der Waals surface area contributed by atoms with Gasteiger partial charge in [-0.3, -0.25) is 0 Å². The molecule has 0 bridgehead atoms. The van der Waals surface area contributed by atoms with Crippen LogP contribution in [-0.4, -0.2) is 9.59 Å². The van der Waals surface area contributed by atoms with Crippen LogP contribution in [0.1, 0.15) is 11.3 Å². The number of aromatic nitrogens is 2. The molecule has 0 radical (unpaired) electrons. The van der Waals surface area contributed by atoms with E-state index in [1.807, 2.05) is 19.1 Å². The molecule has 1 aromatic carbocycles. The maximum atomic E-state index is 5.90. The van der Waals surface area contributed by atoms with Crippen LogP contribution < -0.4 is 16.0 Å². The average Bonchev–Trinajstić information content (AvgIpc) is 2.77. The first-order valence-corrected chi connectivity index (χ1v) is 6.02. The van der Waals surface area contributed by atoms with Crippen LogP contribution in [0, 0.1) is 6.92 Å². The highest BCUT2D eigenvalue weighted by Crippen LogP contribution is 2.24. The van der Waals surface area contributed by atoms with Crippen molar-refractivity contribution in [2.75, 3.05) is 5.43 Å². The quantitative estimate of drug-likeness (QED) is 0.659. The second kappa shape index (κ2) is 5.31. The van der Waals surface area contributed by atoms with Crippen LogP contribution in [0.4, 0.5) is 5.00 Å². The number of rotatable bonds is 4. The number of nitrogens with two attached hydrogens (primary N) is 1. The van der Waals surface area contributed by atoms with Gasteiger partial charge >= 0.3 is 0 Å². The molecule has 90 valence electrons. The average molecular weight is 271 g/mol. The Hall–Kier alpha value is -1.37. The van der Waals surface area contributed by atoms with Crippen LogP contribution in [0.3, 0.4) is 0 Å². The molecule has 0 aliphatic rings. The zero-order chi connectivity index (χ0) is 12.3. The Labute approximate surface area is 108 Å². The predicted octanol–water partition coefficient (Wildman–Crippen LogP) is 2.36. The van der Waals surface area contributed by atoms with Crippen molar-refractivity contribution in [3.8, 4) is 5.75 Å². The minimum atomic E-state index is 0.303. The molecule has 17 heavy (non-hydrogen) atoms. The molecule has 1 heterocycles. The van der Waals surface area contributed by atoms with Gasteiger partial charge in [0.15, 0.2) is 5.00 Å². The molecule has 2 aromatic rings. The number of ether oxygens (including phenoxy) is 1. The molecule has 0 saturated carbocycles. The van der Waals surface area contributed by atoms with E-state index in [-0.39, 0.29) is 0 Å². The Kier molecular flexibility index (Phi) is 3.78. The van der Waals surface area contributed by atoms with E-state index in [4.69, 9.17) is 22.2 Å². The van der Waals surface area contributed by atoms with Crippen molar-refractivity contribution in [2.24, 2.45) is 5.84 Å². The topological polar surface area (TPSA) is 73.1 Å². The summed E-state index contributed by atoms with van der Waals surface area (Å²) in [6, 6.07) is 5.49. The summed E-state index contributed by atoms with van der Waals surface area (Å²) in [4.78, 5) is 0. The molecule has 0 saturated heterocycles. The molecule has 0 fully saturated rings. The lowest BCUT2D eigenvalue weighted by Crippen LogP contribution is -2.08. The molecule has 1 aromatic heterocycles. The standard InChI is InChI=1S/C10H11ClN4OS/c1-6-2-3-7(11)4-9(6)16-5-8-10(13-12)17-15-14-8/h2-4,13H,5,12H2,1H3. The van der Waals surface area contributed by atoms with Crippen molar-refractivity contribution in [2.45, 2.75) is 13.5 Å². The van der Waals surface area contributed by atoms with Crippen molar-refractivity contribution >= 4 is 28.1 Å². The van der Waals surface area contributed by atoms with Crippen LogP contribution in [0.5, 0.6) is 5.75 Å². The van der Waals surface area contributed by atoms with E-state index in [0.717, 1.165) is 11.3 Å². The second-order valence-electron chi connectivity index (χ2n) is 3.39. The third-order valence-electron chi connectivity index (χ3n) is 2.20. The summed E-state index contributed by atoms with van der Waals surface area (Å²) in [7, 11) is 0. The maximum absolute atomic E-state index is 5.90. The molecule has 3 N–H and O–H groups in total. The lowest BCUT2D eigenvalue weighted by atomic mass is 10.2. The van der Waals surface area contributed by atoms with E-state index < -0.39 is 0 Å². The SMILES string of the molecule is Cc1ccc(Cl)cc1OCc1nnsc1NN. The van der Waals surface area contributed by atoms with Crippen LogP contribution in [0.2, 0.25) is 5.02 Å². The molecule has 0 aliphatic carbocycles. The highest BCUT2D eigenvalue weighted by molar-refractivity contribution is 7.10. The van der Waals surface area contributed by atoms with Crippen molar-refractivity contribution in [1.29, 1.82) is 0 Å². The highest BCUT2D eigenvalue weighted by atomic mass is 35.5. The van der Waals surface area contributed by atoms with E-state index in [9.17, 15) is 0 Å². The van der Waals surface area contributed by atoms with Crippen LogP contribution in [-0.2, 0) is 6.61 Å². The highest BCUT2D eigenvalue weighted by Gasteiger charge is 2.08. The number of nitrogens with zero attached hydrogens (tertiary/aromatic N) is 2. The summed E-state index contributed by atoms with van der Waals surface area (Å²) < 4.78 is 9.42. The number of hydrogen-bond acceptors (Lipinski definition) is 6. The van der Waals surface area contributed by atoms with Gasteiger partial charge in [0.2, 0.25) is 0 Å². The molecule has 0 atom stereocenters. The van der Waals surface area contributed by atoms with Crippen molar-refractivity contribution in [3.63, 3.8) is 0 Å². The summed E-state index contributed by atoms with van der Waals surface area (Å²) in [5.41, 5.74) is 4.22. The molecule has 0 spiro atoms. The second-order valence-corrected chi connectivity index (χ2v) is 4.58. The van der Waals surface area contributed by atoms with Crippen molar-refractivity contribution < 1.29 is 4.74 Å². The molecule has 5 nitrogen and oxygen atoms in total. The van der Waals surface area contributed by atoms with Gasteiger partial charge in [-0.15, -0.1) is 5.10 Å². The smallest absolute Gasteiger partial charge is 0.150 e. The predicted molar refractivity (Wildman–Crippen MR) is 68.2 cm³/mol. The first-order valence-electron chi connectivity index (χ1n) is 4.87. The number of hydrogen-bond donors (Lipinski definition) is 2. The fourth-order valence-corrected chi connectivity index (χ4v) is 1.93. The number of aryl methyl sites for hydroxylation is 1. The maximum Gasteiger partial charge on any atom is 0.150 e. The van der Waals surface area contributed by atoms with Gasteiger partial charge in [-0.05, 0) is 24.6 Å². The first kappa shape index (κ1) is 12.1. The summed E-state index contributed by atoms with van der Waals surface area (Å²) in [5.74, 6) is 6.05. The first-order chi connectivity index (χ1) is 8.20. The molecule has 0 amide bonds. The Morgan fingerprint density at radius 1 is 1.53 bits per heavy atom. The van der Waals surface area contributed by atoms with Crippen LogP contribution >= 0.6 is 23.1 Å². The van der Waals surface area contributed by atoms with Gasteiger partial charge in [-0.25, -0.2) is 5.84 Å². The Morgan fingerprint density at radius 3 is 3.12 bits per heavy atom. The van der Waals surface area contributed by atoms with Crippen molar-refractivity contribution in [3.05, 3.63) is 34.5 Å². The largest absolute Gasteiger partial charge is 0.487 e. The van der Waals surface area contributed by atoms with Gasteiger partial charge in [-0.2, -0.15) is 0 Å². The third-order valence-corrected chi connectivity index (χ3v) is 3.14. The fraction of sp³-hybridized carbons (Fsp3) is 0.200. The number of nitrogens with one attached hydrogen (secondary N) is 1. The number of benzene rings is 1. The lowest BCUT2D eigenvalue weighted by Gasteiger charge is -2.08. The van der Waals surface area contributed by atoms with E-state index in [0.29, 0.717) is 22.3 Å². The Morgan fingerprint density at radius 2 is 2.35 bits per heavy atom. The van der Waals surface area contributed by atoms with Gasteiger partial charge in [0.05, 0.1) is 0 Å². The van der Waals surface area contributed by atoms with Gasteiger partial charge in [0.25, 0.3) is 0 Å². The fourth-order valence-electron chi connectivity index (χ4n) is 1.29. The third kappa shape index (κ3) is 2.85. The minimum absolute atomic E-state index is 0.303. The lowest BCUT2D eigenvalue weighted by molar-refractivity contribution is 0.299. The molecule has 0 aliphatic heterocycles.